The summed E-state index contributed by atoms with van der Waals surface area (Å²) in [6, 6.07) is 2.20. The van der Waals surface area contributed by atoms with Crippen LogP contribution in [0.1, 0.15) is 5.56 Å². The second-order valence-corrected chi connectivity index (χ2v) is 6.60. The molecule has 1 saturated heterocycles. The fraction of sp³-hybridized carbons (Fsp3) is 0.333. The second-order valence-electron chi connectivity index (χ2n) is 4.34. The van der Waals surface area contributed by atoms with E-state index in [1.165, 1.54) is 16.7 Å². The molecule has 1 fully saturated rings. The van der Waals surface area contributed by atoms with Crippen LogP contribution in [0.4, 0.5) is 10.5 Å². The van der Waals surface area contributed by atoms with Crippen LogP contribution in [0.2, 0.25) is 5.02 Å². The fourth-order valence-electron chi connectivity index (χ4n) is 1.78. The van der Waals surface area contributed by atoms with E-state index in [0.29, 0.717) is 26.8 Å². The van der Waals surface area contributed by atoms with E-state index in [-0.39, 0.29) is 0 Å². The summed E-state index contributed by atoms with van der Waals surface area (Å²) >= 11 is 10.8. The number of benzene rings is 1. The maximum atomic E-state index is 12.2. The molecule has 1 unspecified atom stereocenters. The van der Waals surface area contributed by atoms with Gasteiger partial charge >= 0.3 is 12.0 Å². The molecule has 8 heteroatoms. The lowest BCUT2D eigenvalue weighted by Gasteiger charge is -2.21. The number of nitrogens with zero attached hydrogens (tertiary/aromatic N) is 1. The predicted molar refractivity (Wildman–Crippen MR) is 83.5 cm³/mol. The van der Waals surface area contributed by atoms with Gasteiger partial charge in [-0.15, -0.1) is 11.8 Å². The van der Waals surface area contributed by atoms with Crippen LogP contribution in [0.5, 0.6) is 0 Å². The van der Waals surface area contributed by atoms with Crippen molar-refractivity contribution in [2.45, 2.75) is 13.0 Å². The van der Waals surface area contributed by atoms with Gasteiger partial charge < -0.3 is 15.3 Å². The third kappa shape index (κ3) is 3.21. The Balaban J connectivity index is 2.16. The summed E-state index contributed by atoms with van der Waals surface area (Å²) < 4.78 is 0.700. The molecular weight excluding hydrogens is 368 g/mol. The molecule has 2 rings (SSSR count). The Kier molecular flexibility index (Phi) is 4.82. The summed E-state index contributed by atoms with van der Waals surface area (Å²) in [5.41, 5.74) is 1.41. The maximum Gasteiger partial charge on any atom is 0.327 e. The van der Waals surface area contributed by atoms with Crippen molar-refractivity contribution in [2.24, 2.45) is 0 Å². The van der Waals surface area contributed by atoms with Gasteiger partial charge in [-0.05, 0) is 40.5 Å². The molecule has 0 radical (unpaired) electrons. The molecular formula is C12H12BrClN2O3S. The molecule has 1 aromatic carbocycles. The number of carboxylic acids is 1. The van der Waals surface area contributed by atoms with Crippen LogP contribution in [0.15, 0.2) is 16.6 Å². The van der Waals surface area contributed by atoms with Crippen molar-refractivity contribution in [3.05, 3.63) is 27.2 Å². The highest BCUT2D eigenvalue weighted by Crippen LogP contribution is 2.30. The molecule has 0 saturated carbocycles. The van der Waals surface area contributed by atoms with Crippen molar-refractivity contribution in [2.75, 3.05) is 16.9 Å². The minimum Gasteiger partial charge on any atom is -0.480 e. The zero-order valence-electron chi connectivity index (χ0n) is 10.5. The number of hydrogen-bond donors (Lipinski definition) is 2. The second kappa shape index (κ2) is 6.24. The first kappa shape index (κ1) is 15.5. The van der Waals surface area contributed by atoms with Gasteiger partial charge in [0.15, 0.2) is 0 Å². The molecule has 0 bridgehead atoms. The molecule has 2 amide bonds. The fourth-order valence-corrected chi connectivity index (χ4v) is 3.64. The first-order chi connectivity index (χ1) is 9.40. The van der Waals surface area contributed by atoms with Gasteiger partial charge in [-0.1, -0.05) is 11.6 Å². The number of anilines is 1. The SMILES string of the molecule is Cc1cc(Br)c(NC(=O)N2CSCC2C(=O)O)cc1Cl. The highest BCUT2D eigenvalue weighted by atomic mass is 79.9. The number of rotatable bonds is 2. The summed E-state index contributed by atoms with van der Waals surface area (Å²) in [4.78, 5) is 24.5. The lowest BCUT2D eigenvalue weighted by Crippen LogP contribution is -2.44. The molecule has 0 spiro atoms. The number of aliphatic carboxylic acids is 1. The van der Waals surface area contributed by atoms with Gasteiger partial charge in [-0.3, -0.25) is 0 Å². The van der Waals surface area contributed by atoms with E-state index in [1.807, 2.05) is 6.92 Å². The molecule has 1 aromatic rings. The van der Waals surface area contributed by atoms with E-state index in [9.17, 15) is 9.59 Å². The van der Waals surface area contributed by atoms with Crippen LogP contribution in [-0.4, -0.2) is 39.7 Å². The molecule has 108 valence electrons. The normalized spacial score (nSPS) is 18.1. The molecule has 5 nitrogen and oxygen atoms in total. The van der Waals surface area contributed by atoms with Gasteiger partial charge in [-0.25, -0.2) is 9.59 Å². The third-order valence-electron chi connectivity index (χ3n) is 2.92. The minimum atomic E-state index is -0.994. The smallest absolute Gasteiger partial charge is 0.327 e. The van der Waals surface area contributed by atoms with Crippen LogP contribution in [0.25, 0.3) is 0 Å². The average Bonchev–Trinajstić information content (AvgIpc) is 2.85. The quantitative estimate of drug-likeness (QED) is 0.826. The number of aryl methyl sites for hydroxylation is 1. The minimum absolute atomic E-state index is 0.361. The standard InChI is InChI=1S/C12H12BrClN2O3S/c1-6-2-7(13)9(3-8(6)14)15-12(19)16-5-20-4-10(16)11(17)18/h2-3,10H,4-5H2,1H3,(H,15,19)(H,17,18). The van der Waals surface area contributed by atoms with E-state index in [1.54, 1.807) is 12.1 Å². The number of amides is 2. The number of halogens is 2. The van der Waals surface area contributed by atoms with Crippen LogP contribution >= 0.6 is 39.3 Å². The van der Waals surface area contributed by atoms with Crippen molar-refractivity contribution in [3.63, 3.8) is 0 Å². The van der Waals surface area contributed by atoms with Crippen molar-refractivity contribution >= 4 is 57.0 Å². The molecule has 1 aliphatic rings. The van der Waals surface area contributed by atoms with Crippen LogP contribution in [-0.2, 0) is 4.79 Å². The monoisotopic (exact) mass is 378 g/mol. The molecule has 20 heavy (non-hydrogen) atoms. The average molecular weight is 380 g/mol. The molecule has 0 aliphatic carbocycles. The van der Waals surface area contributed by atoms with E-state index in [0.717, 1.165) is 5.56 Å². The summed E-state index contributed by atoms with van der Waals surface area (Å²) in [7, 11) is 0. The third-order valence-corrected chi connectivity index (χ3v) is 4.99. The van der Waals surface area contributed by atoms with Crippen LogP contribution < -0.4 is 5.32 Å². The van der Waals surface area contributed by atoms with E-state index in [2.05, 4.69) is 21.2 Å². The highest BCUT2D eigenvalue weighted by molar-refractivity contribution is 9.10. The largest absolute Gasteiger partial charge is 0.480 e. The Bertz CT molecular complexity index is 570. The molecule has 1 aliphatic heterocycles. The van der Waals surface area contributed by atoms with E-state index < -0.39 is 18.0 Å². The Hall–Kier alpha value is -0.920. The van der Waals surface area contributed by atoms with Crippen molar-refractivity contribution in [1.29, 1.82) is 0 Å². The molecule has 0 aromatic heterocycles. The Morgan fingerprint density at radius 2 is 2.25 bits per heavy atom. The van der Waals surface area contributed by atoms with Crippen molar-refractivity contribution < 1.29 is 14.7 Å². The number of urea groups is 1. The van der Waals surface area contributed by atoms with E-state index in [4.69, 9.17) is 16.7 Å². The summed E-state index contributed by atoms with van der Waals surface area (Å²) in [6.45, 7) is 1.86. The van der Waals surface area contributed by atoms with Gasteiger partial charge in [-0.2, -0.15) is 0 Å². The summed E-state index contributed by atoms with van der Waals surface area (Å²) in [5.74, 6) is -0.232. The number of carboxylic acid groups (broad SMARTS) is 1. The summed E-state index contributed by atoms with van der Waals surface area (Å²) in [5, 5.41) is 12.3. The zero-order valence-corrected chi connectivity index (χ0v) is 13.7. The number of hydrogen-bond acceptors (Lipinski definition) is 3. The predicted octanol–water partition coefficient (Wildman–Crippen LogP) is 3.40. The zero-order chi connectivity index (χ0) is 14.9. The van der Waals surface area contributed by atoms with Gasteiger partial charge in [0.05, 0.1) is 11.6 Å². The first-order valence-electron chi connectivity index (χ1n) is 5.74. The highest BCUT2D eigenvalue weighted by Gasteiger charge is 2.34. The number of thioether (sulfide) groups is 1. The summed E-state index contributed by atoms with van der Waals surface area (Å²) in [6.07, 6.45) is 0. The molecule has 2 N–H and O–H groups in total. The lowest BCUT2D eigenvalue weighted by atomic mass is 10.2. The van der Waals surface area contributed by atoms with E-state index >= 15 is 0 Å². The molecule has 1 heterocycles. The van der Waals surface area contributed by atoms with Crippen molar-refractivity contribution in [3.8, 4) is 0 Å². The van der Waals surface area contributed by atoms with Gasteiger partial charge in [0.25, 0.3) is 0 Å². The Morgan fingerprint density at radius 1 is 1.55 bits per heavy atom. The lowest BCUT2D eigenvalue weighted by molar-refractivity contribution is -0.140. The van der Waals surface area contributed by atoms with Gasteiger partial charge in [0, 0.05) is 15.2 Å². The van der Waals surface area contributed by atoms with Gasteiger partial charge in [0.1, 0.15) is 6.04 Å². The number of carbonyl (C=O) groups is 2. The topological polar surface area (TPSA) is 69.6 Å². The van der Waals surface area contributed by atoms with Crippen LogP contribution in [0.3, 0.4) is 0 Å². The number of nitrogens with one attached hydrogen (secondary N) is 1. The van der Waals surface area contributed by atoms with Crippen molar-refractivity contribution in [1.82, 2.24) is 4.90 Å². The number of carbonyl (C=O) groups excluding carboxylic acids is 1. The Labute approximate surface area is 133 Å². The Morgan fingerprint density at radius 3 is 2.90 bits per heavy atom. The van der Waals surface area contributed by atoms with Gasteiger partial charge in [0.2, 0.25) is 0 Å². The van der Waals surface area contributed by atoms with Crippen LogP contribution in [0, 0.1) is 6.92 Å². The first-order valence-corrected chi connectivity index (χ1v) is 8.06. The molecule has 1 atom stereocenters. The maximum absolute atomic E-state index is 12.2.